The van der Waals surface area contributed by atoms with E-state index >= 15 is 0 Å². The Labute approximate surface area is 206 Å². The maximum Gasteiger partial charge on any atom is 0.201 e. The molecule has 2 aliphatic heterocycles. The van der Waals surface area contributed by atoms with Gasteiger partial charge in [-0.1, -0.05) is 50.2 Å². The van der Waals surface area contributed by atoms with Crippen LogP contribution in [-0.4, -0.2) is 75.8 Å². The summed E-state index contributed by atoms with van der Waals surface area (Å²) in [5, 5.41) is 0. The van der Waals surface area contributed by atoms with Crippen molar-refractivity contribution in [3.8, 4) is 0 Å². The third kappa shape index (κ3) is 5.59. The Kier molecular flexibility index (Phi) is 7.86. The average molecular weight is 463 g/mol. The molecule has 2 fully saturated rings. The number of aromatic nitrogens is 1. The molecule has 0 amide bonds. The number of carbonyl (C=O) groups is 1. The molecule has 0 spiro atoms. The van der Waals surface area contributed by atoms with Crippen molar-refractivity contribution < 1.29 is 4.79 Å². The van der Waals surface area contributed by atoms with Gasteiger partial charge in [0.05, 0.1) is 5.54 Å². The fourth-order valence-corrected chi connectivity index (χ4v) is 5.82. The molecule has 184 valence electrons. The SMILES string of the molecule is CC(C)CCN1CCN(C2(C(=O)c3ccccn3)CCN(Cc3ccccc3)C(C)(C)C2)CC1. The molecule has 0 aliphatic carbocycles. The second-order valence-corrected chi connectivity index (χ2v) is 11.2. The minimum atomic E-state index is -0.491. The van der Waals surface area contributed by atoms with Crippen molar-refractivity contribution in [1.29, 1.82) is 0 Å². The summed E-state index contributed by atoms with van der Waals surface area (Å²) in [5.41, 5.74) is 1.36. The molecule has 5 nitrogen and oxygen atoms in total. The van der Waals surface area contributed by atoms with Gasteiger partial charge in [-0.2, -0.15) is 0 Å². The first-order valence-corrected chi connectivity index (χ1v) is 13.0. The van der Waals surface area contributed by atoms with Crippen LogP contribution in [0.1, 0.15) is 63.0 Å². The maximum atomic E-state index is 14.1. The van der Waals surface area contributed by atoms with E-state index in [9.17, 15) is 4.79 Å². The lowest BCUT2D eigenvalue weighted by molar-refractivity contribution is -0.0470. The number of carbonyl (C=O) groups excluding carboxylic acids is 1. The summed E-state index contributed by atoms with van der Waals surface area (Å²) in [5.74, 6) is 0.931. The number of Topliss-reactive ketones (excluding diaryl/α,β-unsaturated/α-hetero) is 1. The van der Waals surface area contributed by atoms with Gasteiger partial charge in [-0.3, -0.25) is 19.6 Å². The van der Waals surface area contributed by atoms with E-state index in [2.05, 4.69) is 77.7 Å². The van der Waals surface area contributed by atoms with Crippen LogP contribution in [0.2, 0.25) is 0 Å². The second kappa shape index (κ2) is 10.7. The van der Waals surface area contributed by atoms with Crippen LogP contribution in [0.25, 0.3) is 0 Å². The number of nitrogens with zero attached hydrogens (tertiary/aromatic N) is 4. The van der Waals surface area contributed by atoms with E-state index in [1.54, 1.807) is 6.20 Å². The molecule has 2 aliphatic rings. The number of likely N-dealkylation sites (tertiary alicyclic amines) is 1. The molecule has 4 rings (SSSR count). The molecule has 1 aromatic heterocycles. The predicted octanol–water partition coefficient (Wildman–Crippen LogP) is 4.74. The minimum Gasteiger partial charge on any atom is -0.301 e. The number of pyridine rings is 1. The first-order valence-electron chi connectivity index (χ1n) is 13.0. The van der Waals surface area contributed by atoms with Gasteiger partial charge in [0.1, 0.15) is 5.69 Å². The lowest BCUT2D eigenvalue weighted by atomic mass is 9.72. The van der Waals surface area contributed by atoms with E-state index in [0.29, 0.717) is 5.69 Å². The third-order valence-electron chi connectivity index (χ3n) is 7.91. The summed E-state index contributed by atoms with van der Waals surface area (Å²) >= 11 is 0. The van der Waals surface area contributed by atoms with Gasteiger partial charge in [-0.25, -0.2) is 0 Å². The number of piperazine rings is 1. The standard InChI is InChI=1S/C29H42N4O/c1-24(2)13-16-31-18-20-32(21-19-31)29(27(34)26-12-8-9-15-30-26)14-17-33(28(3,4)23-29)22-25-10-6-5-7-11-25/h5-12,15,24H,13-14,16-23H2,1-4H3. The number of hydrogen-bond donors (Lipinski definition) is 0. The number of ketones is 1. The second-order valence-electron chi connectivity index (χ2n) is 11.2. The Morgan fingerprint density at radius 3 is 2.29 bits per heavy atom. The van der Waals surface area contributed by atoms with Gasteiger partial charge in [-0.15, -0.1) is 0 Å². The Balaban J connectivity index is 1.55. The van der Waals surface area contributed by atoms with Crippen LogP contribution in [0, 0.1) is 5.92 Å². The van der Waals surface area contributed by atoms with Crippen molar-refractivity contribution in [2.75, 3.05) is 39.3 Å². The maximum absolute atomic E-state index is 14.1. The van der Waals surface area contributed by atoms with Crippen molar-refractivity contribution in [2.45, 2.75) is 64.6 Å². The summed E-state index contributed by atoms with van der Waals surface area (Å²) in [7, 11) is 0. The highest BCUT2D eigenvalue weighted by molar-refractivity contribution is 6.02. The summed E-state index contributed by atoms with van der Waals surface area (Å²) in [6, 6.07) is 16.4. The Hall–Kier alpha value is -2.08. The zero-order chi connectivity index (χ0) is 24.2. The highest BCUT2D eigenvalue weighted by atomic mass is 16.1. The first-order chi connectivity index (χ1) is 16.3. The molecule has 2 saturated heterocycles. The molecule has 3 heterocycles. The Bertz CT molecular complexity index is 922. The predicted molar refractivity (Wildman–Crippen MR) is 139 cm³/mol. The molecule has 5 heteroatoms. The molecular weight excluding hydrogens is 420 g/mol. The highest BCUT2D eigenvalue weighted by Gasteiger charge is 2.52. The monoisotopic (exact) mass is 462 g/mol. The van der Waals surface area contributed by atoms with Crippen LogP contribution in [0.15, 0.2) is 54.7 Å². The van der Waals surface area contributed by atoms with E-state index in [1.807, 2.05) is 18.2 Å². The number of piperidine rings is 1. The van der Waals surface area contributed by atoms with Crippen LogP contribution >= 0.6 is 0 Å². The van der Waals surface area contributed by atoms with E-state index in [4.69, 9.17) is 0 Å². The fraction of sp³-hybridized carbons (Fsp3) is 0.586. The van der Waals surface area contributed by atoms with E-state index in [1.165, 1.54) is 12.0 Å². The van der Waals surface area contributed by atoms with Gasteiger partial charge in [0, 0.05) is 51.0 Å². The fourth-order valence-electron chi connectivity index (χ4n) is 5.82. The van der Waals surface area contributed by atoms with Crippen molar-refractivity contribution in [1.82, 2.24) is 19.7 Å². The van der Waals surface area contributed by atoms with E-state index in [-0.39, 0.29) is 11.3 Å². The van der Waals surface area contributed by atoms with Gasteiger partial charge in [0.25, 0.3) is 0 Å². The lowest BCUT2D eigenvalue weighted by Gasteiger charge is -2.56. The molecule has 1 unspecified atom stereocenters. The number of benzene rings is 1. The third-order valence-corrected chi connectivity index (χ3v) is 7.91. The van der Waals surface area contributed by atoms with Gasteiger partial charge in [-0.05, 0) is 63.3 Å². The molecule has 0 radical (unpaired) electrons. The van der Waals surface area contributed by atoms with Gasteiger partial charge < -0.3 is 4.90 Å². The van der Waals surface area contributed by atoms with Crippen molar-refractivity contribution in [3.05, 3.63) is 66.0 Å². The zero-order valence-corrected chi connectivity index (χ0v) is 21.5. The van der Waals surface area contributed by atoms with Crippen molar-refractivity contribution in [2.24, 2.45) is 5.92 Å². The van der Waals surface area contributed by atoms with E-state index in [0.717, 1.165) is 64.6 Å². The summed E-state index contributed by atoms with van der Waals surface area (Å²) in [4.78, 5) is 26.3. The summed E-state index contributed by atoms with van der Waals surface area (Å²) in [6.07, 6.45) is 4.67. The normalized spacial score (nSPS) is 24.4. The van der Waals surface area contributed by atoms with Gasteiger partial charge in [0.15, 0.2) is 0 Å². The summed E-state index contributed by atoms with van der Waals surface area (Å²) < 4.78 is 0. The molecule has 0 bridgehead atoms. The molecule has 34 heavy (non-hydrogen) atoms. The van der Waals surface area contributed by atoms with Crippen LogP contribution in [0.5, 0.6) is 0 Å². The quantitative estimate of drug-likeness (QED) is 0.530. The molecule has 1 atom stereocenters. The highest BCUT2D eigenvalue weighted by Crippen LogP contribution is 2.41. The van der Waals surface area contributed by atoms with Crippen LogP contribution < -0.4 is 0 Å². The van der Waals surface area contributed by atoms with Crippen LogP contribution in [0.3, 0.4) is 0 Å². The largest absolute Gasteiger partial charge is 0.301 e. The lowest BCUT2D eigenvalue weighted by Crippen LogP contribution is -2.68. The molecule has 2 aromatic rings. The Morgan fingerprint density at radius 2 is 1.68 bits per heavy atom. The average Bonchev–Trinajstić information content (AvgIpc) is 2.85. The topological polar surface area (TPSA) is 39.7 Å². The van der Waals surface area contributed by atoms with Crippen molar-refractivity contribution >= 4 is 5.78 Å². The molecule has 1 aromatic carbocycles. The van der Waals surface area contributed by atoms with Crippen LogP contribution in [-0.2, 0) is 6.54 Å². The summed E-state index contributed by atoms with van der Waals surface area (Å²) in [6.45, 7) is 16.2. The molecular formula is C29H42N4O. The number of rotatable bonds is 8. The van der Waals surface area contributed by atoms with Crippen LogP contribution in [0.4, 0.5) is 0 Å². The zero-order valence-electron chi connectivity index (χ0n) is 21.5. The van der Waals surface area contributed by atoms with Gasteiger partial charge >= 0.3 is 0 Å². The van der Waals surface area contributed by atoms with Gasteiger partial charge in [0.2, 0.25) is 5.78 Å². The number of hydrogen-bond acceptors (Lipinski definition) is 5. The van der Waals surface area contributed by atoms with E-state index < -0.39 is 5.54 Å². The first kappa shape index (κ1) is 25.0. The smallest absolute Gasteiger partial charge is 0.201 e. The molecule has 0 saturated carbocycles. The Morgan fingerprint density at radius 1 is 0.971 bits per heavy atom. The van der Waals surface area contributed by atoms with Crippen molar-refractivity contribution in [3.63, 3.8) is 0 Å². The minimum absolute atomic E-state index is 0.0900. The molecule has 0 N–H and O–H groups in total.